The van der Waals surface area contributed by atoms with Gasteiger partial charge in [0.05, 0.1) is 12.9 Å². The van der Waals surface area contributed by atoms with Crippen molar-refractivity contribution in [2.75, 3.05) is 25.0 Å². The largest absolute Gasteiger partial charge is 0.354 e. The molecule has 9 heteroatoms. The number of H-pyrrole nitrogens is 1. The Balaban J connectivity index is 1.48. The second-order valence-electron chi connectivity index (χ2n) is 5.64. The summed E-state index contributed by atoms with van der Waals surface area (Å²) in [7, 11) is 1.79. The fraction of sp³-hybridized carbons (Fsp3) is 0.467. The van der Waals surface area contributed by atoms with Crippen LogP contribution in [0.2, 0.25) is 0 Å². The predicted octanol–water partition coefficient (Wildman–Crippen LogP) is 0.871. The number of hydrogen-bond acceptors (Lipinski definition) is 7. The highest BCUT2D eigenvalue weighted by molar-refractivity contribution is 5.86. The lowest BCUT2D eigenvalue weighted by Crippen LogP contribution is -2.37. The molecule has 0 fully saturated rings. The summed E-state index contributed by atoms with van der Waals surface area (Å²) in [5, 5.41) is 11.0. The van der Waals surface area contributed by atoms with Gasteiger partial charge in [-0.25, -0.2) is 15.0 Å². The zero-order valence-corrected chi connectivity index (χ0v) is 13.4. The van der Waals surface area contributed by atoms with E-state index in [9.17, 15) is 4.79 Å². The van der Waals surface area contributed by atoms with E-state index in [2.05, 4.69) is 41.4 Å². The van der Waals surface area contributed by atoms with Crippen LogP contribution in [-0.4, -0.2) is 51.6 Å². The maximum absolute atomic E-state index is 12.1. The molecule has 24 heavy (non-hydrogen) atoms. The third kappa shape index (κ3) is 3.48. The van der Waals surface area contributed by atoms with Crippen LogP contribution in [0.5, 0.6) is 0 Å². The van der Waals surface area contributed by atoms with Crippen LogP contribution >= 0.6 is 0 Å². The molecule has 1 aliphatic rings. The van der Waals surface area contributed by atoms with Gasteiger partial charge < -0.3 is 15.2 Å². The summed E-state index contributed by atoms with van der Waals surface area (Å²) < 4.78 is 0. The maximum atomic E-state index is 12.1. The van der Waals surface area contributed by atoms with E-state index in [1.54, 1.807) is 18.3 Å². The molecule has 3 rings (SSSR count). The van der Waals surface area contributed by atoms with Crippen LogP contribution < -0.4 is 10.2 Å². The Morgan fingerprint density at radius 2 is 2.21 bits per heavy atom. The van der Waals surface area contributed by atoms with Crippen molar-refractivity contribution < 1.29 is 4.79 Å². The number of fused-ring (bicyclic) bond motifs is 1. The number of anilines is 1. The van der Waals surface area contributed by atoms with Gasteiger partial charge >= 0.3 is 0 Å². The van der Waals surface area contributed by atoms with Gasteiger partial charge in [-0.3, -0.25) is 4.79 Å². The lowest BCUT2D eigenvalue weighted by atomic mass is 10.0. The van der Waals surface area contributed by atoms with E-state index < -0.39 is 0 Å². The van der Waals surface area contributed by atoms with Gasteiger partial charge in [-0.15, -0.1) is 12.3 Å². The summed E-state index contributed by atoms with van der Waals surface area (Å²) in [6.07, 6.45) is 10.3. The average molecular weight is 326 g/mol. The van der Waals surface area contributed by atoms with Crippen LogP contribution in [0.1, 0.15) is 19.3 Å². The van der Waals surface area contributed by atoms with E-state index in [4.69, 9.17) is 6.42 Å². The number of aromatic amines is 1. The maximum Gasteiger partial charge on any atom is 0.239 e. The average Bonchev–Trinajstić information content (AvgIpc) is 3.17. The molecular formula is C15H18N8O. The summed E-state index contributed by atoms with van der Waals surface area (Å²) in [6.45, 7) is 0.685. The minimum Gasteiger partial charge on any atom is -0.354 e. The number of amides is 1. The lowest BCUT2D eigenvalue weighted by molar-refractivity contribution is -0.119. The lowest BCUT2D eigenvalue weighted by Gasteiger charge is -2.18. The Morgan fingerprint density at radius 3 is 2.96 bits per heavy atom. The number of aromatic nitrogens is 4. The number of terminal acetylenes is 1. The molecule has 1 amide bonds. The molecule has 0 spiro atoms. The minimum atomic E-state index is -0.375. The first-order valence-electron chi connectivity index (χ1n) is 7.63. The zero-order chi connectivity index (χ0) is 17.0. The zero-order valence-electron chi connectivity index (χ0n) is 13.4. The van der Waals surface area contributed by atoms with E-state index in [-0.39, 0.29) is 18.1 Å². The van der Waals surface area contributed by atoms with Crippen LogP contribution in [-0.2, 0) is 4.79 Å². The van der Waals surface area contributed by atoms with Gasteiger partial charge in [0.1, 0.15) is 11.8 Å². The molecule has 2 aromatic heterocycles. The van der Waals surface area contributed by atoms with E-state index >= 15 is 0 Å². The van der Waals surface area contributed by atoms with Crippen LogP contribution in [0.3, 0.4) is 0 Å². The molecule has 0 saturated heterocycles. The van der Waals surface area contributed by atoms with Crippen molar-refractivity contribution in [3.8, 4) is 12.3 Å². The molecule has 0 saturated carbocycles. The second-order valence-corrected chi connectivity index (χ2v) is 5.64. The summed E-state index contributed by atoms with van der Waals surface area (Å²) in [6, 6.07) is 0. The van der Waals surface area contributed by atoms with Crippen LogP contribution in [0.15, 0.2) is 22.9 Å². The Morgan fingerprint density at radius 1 is 1.38 bits per heavy atom. The van der Waals surface area contributed by atoms with E-state index in [1.807, 2.05) is 0 Å². The van der Waals surface area contributed by atoms with Gasteiger partial charge in [-0.2, -0.15) is 10.2 Å². The SMILES string of the molecule is C#CCCC1(CCNC(=O)CN(C)c2ncnc3nc[nH]c23)N=N1. The Bertz CT molecular complexity index is 799. The van der Waals surface area contributed by atoms with Crippen molar-refractivity contribution in [3.63, 3.8) is 0 Å². The highest BCUT2D eigenvalue weighted by Crippen LogP contribution is 2.35. The molecule has 9 nitrogen and oxygen atoms in total. The minimum absolute atomic E-state index is 0.100. The number of nitrogens with one attached hydrogen (secondary N) is 2. The number of imidazole rings is 1. The number of nitrogens with zero attached hydrogens (tertiary/aromatic N) is 6. The molecule has 2 N–H and O–H groups in total. The third-order valence-corrected chi connectivity index (χ3v) is 3.85. The highest BCUT2D eigenvalue weighted by atomic mass is 16.2. The molecule has 0 atom stereocenters. The van der Waals surface area contributed by atoms with Gasteiger partial charge in [0, 0.05) is 32.9 Å². The van der Waals surface area contributed by atoms with Gasteiger partial charge in [-0.05, 0) is 0 Å². The molecule has 0 radical (unpaired) electrons. The topological polar surface area (TPSA) is 112 Å². The number of likely N-dealkylation sites (N-methyl/N-ethyl adjacent to an activating group) is 1. The Labute approximate surface area is 139 Å². The summed E-state index contributed by atoms with van der Waals surface area (Å²) in [5.41, 5.74) is 0.900. The molecule has 0 unspecified atom stereocenters. The van der Waals surface area contributed by atoms with Gasteiger partial charge in [0.25, 0.3) is 0 Å². The van der Waals surface area contributed by atoms with Gasteiger partial charge in [0.2, 0.25) is 5.91 Å². The predicted molar refractivity (Wildman–Crippen MR) is 88.2 cm³/mol. The number of carbonyl (C=O) groups excluding carboxylic acids is 1. The van der Waals surface area contributed by atoms with E-state index in [0.29, 0.717) is 36.4 Å². The molecular weight excluding hydrogens is 308 g/mol. The number of rotatable bonds is 8. The molecule has 0 aromatic carbocycles. The highest BCUT2D eigenvalue weighted by Gasteiger charge is 2.38. The van der Waals surface area contributed by atoms with Crippen molar-refractivity contribution >= 4 is 22.9 Å². The summed E-state index contributed by atoms with van der Waals surface area (Å²) in [5.74, 6) is 3.11. The number of hydrogen-bond donors (Lipinski definition) is 2. The molecule has 0 bridgehead atoms. The Kier molecular flexibility index (Phi) is 4.37. The van der Waals surface area contributed by atoms with E-state index in [0.717, 1.165) is 6.42 Å². The van der Waals surface area contributed by atoms with Crippen LogP contribution in [0.4, 0.5) is 5.82 Å². The van der Waals surface area contributed by atoms with Gasteiger partial charge in [-0.1, -0.05) is 0 Å². The fourth-order valence-electron chi connectivity index (χ4n) is 2.46. The second kappa shape index (κ2) is 6.62. The van der Waals surface area contributed by atoms with Crippen molar-refractivity contribution in [3.05, 3.63) is 12.7 Å². The quantitative estimate of drug-likeness (QED) is 0.699. The van der Waals surface area contributed by atoms with Crippen molar-refractivity contribution in [2.45, 2.75) is 24.9 Å². The first-order valence-corrected chi connectivity index (χ1v) is 7.63. The monoisotopic (exact) mass is 326 g/mol. The summed E-state index contributed by atoms with van der Waals surface area (Å²) in [4.78, 5) is 29.2. The molecule has 3 heterocycles. The molecule has 2 aromatic rings. The van der Waals surface area contributed by atoms with Crippen molar-refractivity contribution in [1.82, 2.24) is 25.3 Å². The standard InChI is InChI=1S/C15H18N8O/c1-3-4-5-15(21-22-15)6-7-16-11(24)8-23(2)14-12-13(18-9-17-12)19-10-20-14/h1,9-10H,4-8H2,2H3,(H,16,24)(H,17,18,19,20). The third-order valence-electron chi connectivity index (χ3n) is 3.85. The fourth-order valence-corrected chi connectivity index (χ4v) is 2.46. The molecule has 124 valence electrons. The Hall–Kier alpha value is -3.02. The normalized spacial score (nSPS) is 14.3. The van der Waals surface area contributed by atoms with Crippen LogP contribution in [0.25, 0.3) is 11.2 Å². The smallest absolute Gasteiger partial charge is 0.239 e. The number of carbonyl (C=O) groups is 1. The van der Waals surface area contributed by atoms with Crippen molar-refractivity contribution in [1.29, 1.82) is 0 Å². The van der Waals surface area contributed by atoms with Crippen molar-refractivity contribution in [2.24, 2.45) is 10.2 Å². The first kappa shape index (κ1) is 15.9. The molecule has 1 aliphatic heterocycles. The van der Waals surface area contributed by atoms with Gasteiger partial charge in [0.15, 0.2) is 17.1 Å². The summed E-state index contributed by atoms with van der Waals surface area (Å²) >= 11 is 0. The van der Waals surface area contributed by atoms with E-state index in [1.165, 1.54) is 6.33 Å². The van der Waals surface area contributed by atoms with Crippen LogP contribution in [0, 0.1) is 12.3 Å². The first-order chi connectivity index (χ1) is 11.6. The molecule has 0 aliphatic carbocycles.